The minimum atomic E-state index is 0.259. The summed E-state index contributed by atoms with van der Waals surface area (Å²) in [6.07, 6.45) is 1.83. The fraction of sp³-hybridized carbons (Fsp3) is 0.450. The number of morpholine rings is 1. The summed E-state index contributed by atoms with van der Waals surface area (Å²) in [6, 6.07) is 7.92. The van der Waals surface area contributed by atoms with Gasteiger partial charge < -0.3 is 20.4 Å². The van der Waals surface area contributed by atoms with Crippen molar-refractivity contribution in [3.63, 3.8) is 0 Å². The van der Waals surface area contributed by atoms with E-state index in [0.717, 1.165) is 61.9 Å². The minimum absolute atomic E-state index is 0.259. The predicted octanol–water partition coefficient (Wildman–Crippen LogP) is 2.40. The fourth-order valence-electron chi connectivity index (χ4n) is 3.38. The molecular weight excluding hydrogens is 354 g/mol. The van der Waals surface area contributed by atoms with Crippen LogP contribution in [0.1, 0.15) is 19.9 Å². The topological polar surface area (TPSA) is 94.1 Å². The van der Waals surface area contributed by atoms with Crippen LogP contribution in [-0.4, -0.2) is 63.8 Å². The molecule has 0 unspecified atom stereocenters. The largest absolute Gasteiger partial charge is 0.399 e. The number of benzene rings is 1. The second-order valence-corrected chi connectivity index (χ2v) is 7.32. The number of ether oxygens (including phenoxy) is 1. The number of anilines is 2. The summed E-state index contributed by atoms with van der Waals surface area (Å²) in [7, 11) is 0. The number of nitrogen functional groups attached to an aromatic ring is 1. The molecule has 1 aliphatic heterocycles. The number of hydrogen-bond donors (Lipinski definition) is 2. The molecule has 8 heteroatoms. The number of hydrogen-bond acceptors (Lipinski definition) is 7. The highest BCUT2D eigenvalue weighted by Crippen LogP contribution is 2.26. The Morgan fingerprint density at radius 2 is 2.04 bits per heavy atom. The van der Waals surface area contributed by atoms with Gasteiger partial charge in [0, 0.05) is 43.5 Å². The predicted molar refractivity (Wildman–Crippen MR) is 111 cm³/mol. The minimum Gasteiger partial charge on any atom is -0.399 e. The van der Waals surface area contributed by atoms with Gasteiger partial charge in [0.1, 0.15) is 5.52 Å². The summed E-state index contributed by atoms with van der Waals surface area (Å²) < 4.78 is 7.49. The van der Waals surface area contributed by atoms with Gasteiger partial charge in [-0.25, -0.2) is 15.0 Å². The molecule has 1 aliphatic rings. The van der Waals surface area contributed by atoms with E-state index in [0.29, 0.717) is 11.5 Å². The highest BCUT2D eigenvalue weighted by molar-refractivity contribution is 5.85. The SMILES string of the molecule is CC(C)n1cnc2c(NCCN3CCOCC3)nc(-c3cccc(N)c3)nc21. The smallest absolute Gasteiger partial charge is 0.166 e. The average Bonchev–Trinajstić information content (AvgIpc) is 3.13. The van der Waals surface area contributed by atoms with E-state index < -0.39 is 0 Å². The number of nitrogens with zero attached hydrogens (tertiary/aromatic N) is 5. The van der Waals surface area contributed by atoms with E-state index in [1.165, 1.54) is 0 Å². The molecule has 0 radical (unpaired) electrons. The van der Waals surface area contributed by atoms with Gasteiger partial charge in [-0.1, -0.05) is 12.1 Å². The Kier molecular flexibility index (Phi) is 5.40. The molecule has 148 valence electrons. The highest BCUT2D eigenvalue weighted by Gasteiger charge is 2.16. The van der Waals surface area contributed by atoms with Crippen LogP contribution in [0.2, 0.25) is 0 Å². The van der Waals surface area contributed by atoms with Gasteiger partial charge in [0.05, 0.1) is 19.5 Å². The maximum absolute atomic E-state index is 5.96. The van der Waals surface area contributed by atoms with Gasteiger partial charge in [-0.3, -0.25) is 4.90 Å². The van der Waals surface area contributed by atoms with Crippen LogP contribution in [0.5, 0.6) is 0 Å². The molecule has 2 aromatic heterocycles. The number of aromatic nitrogens is 4. The van der Waals surface area contributed by atoms with E-state index in [4.69, 9.17) is 20.4 Å². The summed E-state index contributed by atoms with van der Waals surface area (Å²) >= 11 is 0. The van der Waals surface area contributed by atoms with Crippen LogP contribution in [-0.2, 0) is 4.74 Å². The first-order chi connectivity index (χ1) is 13.6. The molecular formula is C20H27N7O. The molecule has 1 aromatic carbocycles. The van der Waals surface area contributed by atoms with Crippen LogP contribution in [0.15, 0.2) is 30.6 Å². The fourth-order valence-corrected chi connectivity index (χ4v) is 3.38. The Balaban J connectivity index is 1.65. The van der Waals surface area contributed by atoms with Crippen molar-refractivity contribution in [2.45, 2.75) is 19.9 Å². The molecule has 0 atom stereocenters. The van der Waals surface area contributed by atoms with Crippen molar-refractivity contribution in [2.24, 2.45) is 0 Å². The molecule has 1 saturated heterocycles. The molecule has 3 N–H and O–H groups in total. The lowest BCUT2D eigenvalue weighted by Crippen LogP contribution is -2.39. The second kappa shape index (κ2) is 8.12. The number of nitrogens with one attached hydrogen (secondary N) is 1. The van der Waals surface area contributed by atoms with Crippen LogP contribution in [0.4, 0.5) is 11.5 Å². The molecule has 3 aromatic rings. The zero-order valence-electron chi connectivity index (χ0n) is 16.4. The Morgan fingerprint density at radius 1 is 1.21 bits per heavy atom. The summed E-state index contributed by atoms with van der Waals surface area (Å²) in [5.41, 5.74) is 9.18. The Morgan fingerprint density at radius 3 is 2.79 bits per heavy atom. The van der Waals surface area contributed by atoms with Crippen molar-refractivity contribution in [3.05, 3.63) is 30.6 Å². The van der Waals surface area contributed by atoms with Gasteiger partial charge in [0.2, 0.25) is 0 Å². The maximum atomic E-state index is 5.96. The molecule has 0 bridgehead atoms. The molecule has 1 fully saturated rings. The lowest BCUT2D eigenvalue weighted by molar-refractivity contribution is 0.0398. The van der Waals surface area contributed by atoms with Crippen molar-refractivity contribution in [3.8, 4) is 11.4 Å². The molecule has 4 rings (SSSR count). The quantitative estimate of drug-likeness (QED) is 0.633. The first kappa shape index (κ1) is 18.6. The highest BCUT2D eigenvalue weighted by atomic mass is 16.5. The molecule has 0 aliphatic carbocycles. The van der Waals surface area contributed by atoms with Crippen LogP contribution < -0.4 is 11.1 Å². The third-order valence-electron chi connectivity index (χ3n) is 4.95. The van der Waals surface area contributed by atoms with E-state index in [1.54, 1.807) is 0 Å². The Hall–Kier alpha value is -2.71. The van der Waals surface area contributed by atoms with E-state index in [1.807, 2.05) is 30.6 Å². The van der Waals surface area contributed by atoms with Gasteiger partial charge in [0.25, 0.3) is 0 Å². The first-order valence-corrected chi connectivity index (χ1v) is 9.76. The number of nitrogens with two attached hydrogens (primary N) is 1. The van der Waals surface area contributed by atoms with Crippen LogP contribution in [0.25, 0.3) is 22.6 Å². The van der Waals surface area contributed by atoms with Crippen LogP contribution in [0, 0.1) is 0 Å². The van der Waals surface area contributed by atoms with Gasteiger partial charge in [-0.2, -0.15) is 0 Å². The molecule has 0 saturated carbocycles. The van der Waals surface area contributed by atoms with Crippen molar-refractivity contribution >= 4 is 22.7 Å². The van der Waals surface area contributed by atoms with Gasteiger partial charge in [0.15, 0.2) is 17.3 Å². The Labute approximate surface area is 164 Å². The van der Waals surface area contributed by atoms with E-state index >= 15 is 0 Å². The van der Waals surface area contributed by atoms with Gasteiger partial charge >= 0.3 is 0 Å². The van der Waals surface area contributed by atoms with Crippen molar-refractivity contribution in [2.75, 3.05) is 50.4 Å². The summed E-state index contributed by atoms with van der Waals surface area (Å²) in [5.74, 6) is 1.41. The summed E-state index contributed by atoms with van der Waals surface area (Å²) in [6.45, 7) is 9.51. The molecule has 0 amide bonds. The second-order valence-electron chi connectivity index (χ2n) is 7.32. The third kappa shape index (κ3) is 3.93. The summed E-state index contributed by atoms with van der Waals surface area (Å²) in [5, 5.41) is 3.47. The summed E-state index contributed by atoms with van der Waals surface area (Å²) in [4.78, 5) is 16.5. The number of fused-ring (bicyclic) bond motifs is 1. The molecule has 28 heavy (non-hydrogen) atoms. The monoisotopic (exact) mass is 381 g/mol. The van der Waals surface area contributed by atoms with E-state index in [-0.39, 0.29) is 6.04 Å². The zero-order chi connectivity index (χ0) is 19.5. The van der Waals surface area contributed by atoms with Crippen molar-refractivity contribution in [1.29, 1.82) is 0 Å². The third-order valence-corrected chi connectivity index (χ3v) is 4.95. The number of rotatable bonds is 6. The molecule has 0 spiro atoms. The van der Waals surface area contributed by atoms with E-state index in [9.17, 15) is 0 Å². The van der Waals surface area contributed by atoms with Crippen LogP contribution >= 0.6 is 0 Å². The lowest BCUT2D eigenvalue weighted by Gasteiger charge is -2.26. The van der Waals surface area contributed by atoms with Gasteiger partial charge in [-0.15, -0.1) is 0 Å². The van der Waals surface area contributed by atoms with Crippen molar-refractivity contribution < 1.29 is 4.74 Å². The molecule has 8 nitrogen and oxygen atoms in total. The van der Waals surface area contributed by atoms with Gasteiger partial charge in [-0.05, 0) is 26.0 Å². The number of imidazole rings is 1. The lowest BCUT2D eigenvalue weighted by atomic mass is 10.2. The van der Waals surface area contributed by atoms with Crippen LogP contribution in [0.3, 0.4) is 0 Å². The maximum Gasteiger partial charge on any atom is 0.166 e. The zero-order valence-corrected chi connectivity index (χ0v) is 16.4. The Bertz CT molecular complexity index is 947. The molecule has 3 heterocycles. The normalized spacial score (nSPS) is 15.4. The standard InChI is InChI=1S/C20H27N7O/c1-14(2)27-13-23-17-19(22-6-7-26-8-10-28-11-9-26)24-18(25-20(17)27)15-4-3-5-16(21)12-15/h3-5,12-14H,6-11,21H2,1-2H3,(H,22,24,25). The van der Waals surface area contributed by atoms with E-state index in [2.05, 4.69) is 33.6 Å². The first-order valence-electron chi connectivity index (χ1n) is 9.76. The average molecular weight is 381 g/mol. The van der Waals surface area contributed by atoms with Crippen molar-refractivity contribution in [1.82, 2.24) is 24.4 Å².